The van der Waals surface area contributed by atoms with Crippen molar-refractivity contribution >= 4 is 11.6 Å². The molecule has 2 rings (SSSR count). The van der Waals surface area contributed by atoms with E-state index in [1.54, 1.807) is 6.26 Å². The van der Waals surface area contributed by atoms with E-state index in [1.165, 1.54) is 5.56 Å². The van der Waals surface area contributed by atoms with E-state index in [2.05, 4.69) is 23.6 Å². The average molecular weight is 272 g/mol. The molecule has 0 saturated carbocycles. The van der Waals surface area contributed by atoms with Gasteiger partial charge in [-0.3, -0.25) is 4.79 Å². The maximum atomic E-state index is 11.9. The van der Waals surface area contributed by atoms with Crippen molar-refractivity contribution in [2.45, 2.75) is 26.3 Å². The fourth-order valence-corrected chi connectivity index (χ4v) is 2.08. The number of amides is 1. The highest BCUT2D eigenvalue weighted by Gasteiger charge is 2.11. The highest BCUT2D eigenvalue weighted by molar-refractivity contribution is 5.81. The Kier molecular flexibility index (Phi) is 4.82. The highest BCUT2D eigenvalue weighted by atomic mass is 16.3. The van der Waals surface area contributed by atoms with Crippen molar-refractivity contribution in [3.05, 3.63) is 54.0 Å². The third-order valence-corrected chi connectivity index (χ3v) is 3.19. The first-order valence-corrected chi connectivity index (χ1v) is 6.85. The summed E-state index contributed by atoms with van der Waals surface area (Å²) in [6, 6.07) is 11.6. The van der Waals surface area contributed by atoms with E-state index < -0.39 is 0 Å². The molecule has 1 heterocycles. The van der Waals surface area contributed by atoms with E-state index in [-0.39, 0.29) is 18.5 Å². The normalized spacial score (nSPS) is 11.9. The zero-order valence-electron chi connectivity index (χ0n) is 11.8. The standard InChI is InChI=1S/C16H20N2O2/c1-3-13-7-4-5-8-14(13)17-11-16(19)18-12(2)15-9-6-10-20-15/h4-10,12,17H,3,11H2,1-2H3,(H,18,19). The van der Waals surface area contributed by atoms with Crippen molar-refractivity contribution in [2.24, 2.45) is 0 Å². The van der Waals surface area contributed by atoms with Gasteiger partial charge in [-0.2, -0.15) is 0 Å². The van der Waals surface area contributed by atoms with E-state index in [9.17, 15) is 4.79 Å². The first kappa shape index (κ1) is 14.2. The van der Waals surface area contributed by atoms with Crippen molar-refractivity contribution in [1.29, 1.82) is 0 Å². The summed E-state index contributed by atoms with van der Waals surface area (Å²) in [5, 5.41) is 6.07. The zero-order valence-corrected chi connectivity index (χ0v) is 11.8. The van der Waals surface area contributed by atoms with Crippen LogP contribution in [0, 0.1) is 0 Å². The molecule has 0 aliphatic carbocycles. The smallest absolute Gasteiger partial charge is 0.239 e. The van der Waals surface area contributed by atoms with Crippen molar-refractivity contribution in [3.63, 3.8) is 0 Å². The van der Waals surface area contributed by atoms with Gasteiger partial charge in [-0.1, -0.05) is 25.1 Å². The zero-order chi connectivity index (χ0) is 14.4. The van der Waals surface area contributed by atoms with Gasteiger partial charge in [-0.25, -0.2) is 0 Å². The van der Waals surface area contributed by atoms with Crippen LogP contribution in [0.1, 0.15) is 31.2 Å². The number of anilines is 1. The Morgan fingerprint density at radius 3 is 2.75 bits per heavy atom. The molecule has 1 amide bonds. The molecule has 1 atom stereocenters. The monoisotopic (exact) mass is 272 g/mol. The van der Waals surface area contributed by atoms with Crippen LogP contribution in [0.15, 0.2) is 47.1 Å². The fraction of sp³-hybridized carbons (Fsp3) is 0.312. The average Bonchev–Trinajstić information content (AvgIpc) is 2.99. The molecule has 1 unspecified atom stereocenters. The molecule has 2 aromatic rings. The molecular weight excluding hydrogens is 252 g/mol. The van der Waals surface area contributed by atoms with E-state index in [0.717, 1.165) is 17.9 Å². The third-order valence-electron chi connectivity index (χ3n) is 3.19. The summed E-state index contributed by atoms with van der Waals surface area (Å²) >= 11 is 0. The molecule has 4 nitrogen and oxygen atoms in total. The minimum absolute atomic E-state index is 0.0557. The summed E-state index contributed by atoms with van der Waals surface area (Å²) < 4.78 is 5.26. The fourth-order valence-electron chi connectivity index (χ4n) is 2.08. The summed E-state index contributed by atoms with van der Waals surface area (Å²) in [6.07, 6.45) is 2.54. The van der Waals surface area contributed by atoms with Gasteiger partial charge in [0.1, 0.15) is 5.76 Å². The van der Waals surface area contributed by atoms with Crippen molar-refractivity contribution < 1.29 is 9.21 Å². The lowest BCUT2D eigenvalue weighted by molar-refractivity contribution is -0.120. The lowest BCUT2D eigenvalue weighted by Gasteiger charge is -2.14. The Labute approximate surface area is 119 Å². The van der Waals surface area contributed by atoms with Crippen LogP contribution in [0.4, 0.5) is 5.69 Å². The van der Waals surface area contributed by atoms with Crippen LogP contribution in [0.3, 0.4) is 0 Å². The van der Waals surface area contributed by atoms with Crippen LogP contribution >= 0.6 is 0 Å². The molecule has 0 fully saturated rings. The van der Waals surface area contributed by atoms with E-state index in [0.29, 0.717) is 0 Å². The molecule has 0 saturated heterocycles. The Bertz CT molecular complexity index is 549. The van der Waals surface area contributed by atoms with Crippen LogP contribution in [0.2, 0.25) is 0 Å². The topological polar surface area (TPSA) is 54.3 Å². The summed E-state index contributed by atoms with van der Waals surface area (Å²) in [5.41, 5.74) is 2.22. The number of hydrogen-bond acceptors (Lipinski definition) is 3. The number of aryl methyl sites for hydroxylation is 1. The second-order valence-electron chi connectivity index (χ2n) is 4.67. The number of carbonyl (C=O) groups excluding carboxylic acids is 1. The van der Waals surface area contributed by atoms with Crippen molar-refractivity contribution in [3.8, 4) is 0 Å². The summed E-state index contributed by atoms with van der Waals surface area (Å²) in [6.45, 7) is 4.25. The number of carbonyl (C=O) groups is 1. The van der Waals surface area contributed by atoms with Crippen molar-refractivity contribution in [1.82, 2.24) is 5.32 Å². The van der Waals surface area contributed by atoms with Crippen LogP contribution < -0.4 is 10.6 Å². The van der Waals surface area contributed by atoms with Crippen LogP contribution in [-0.4, -0.2) is 12.5 Å². The maximum Gasteiger partial charge on any atom is 0.239 e. The van der Waals surface area contributed by atoms with Gasteiger partial charge in [-0.05, 0) is 37.1 Å². The quantitative estimate of drug-likeness (QED) is 0.849. The Hall–Kier alpha value is -2.23. The highest BCUT2D eigenvalue weighted by Crippen LogP contribution is 2.15. The molecule has 1 aromatic heterocycles. The third kappa shape index (κ3) is 3.63. The molecule has 0 aliphatic heterocycles. The van der Waals surface area contributed by atoms with Gasteiger partial charge in [0.25, 0.3) is 0 Å². The van der Waals surface area contributed by atoms with E-state index >= 15 is 0 Å². The minimum Gasteiger partial charge on any atom is -0.467 e. The lowest BCUT2D eigenvalue weighted by atomic mass is 10.1. The Morgan fingerprint density at radius 1 is 1.25 bits per heavy atom. The number of benzene rings is 1. The van der Waals surface area contributed by atoms with Crippen molar-refractivity contribution in [2.75, 3.05) is 11.9 Å². The van der Waals surface area contributed by atoms with Gasteiger partial charge < -0.3 is 15.1 Å². The molecule has 0 aliphatic rings. The molecule has 4 heteroatoms. The van der Waals surface area contributed by atoms with Gasteiger partial charge in [0.2, 0.25) is 5.91 Å². The number of nitrogens with one attached hydrogen (secondary N) is 2. The van der Waals surface area contributed by atoms with E-state index in [1.807, 2.05) is 37.3 Å². The predicted molar refractivity (Wildman–Crippen MR) is 79.6 cm³/mol. The van der Waals surface area contributed by atoms with Crippen LogP contribution in [0.25, 0.3) is 0 Å². The van der Waals surface area contributed by atoms with Crippen LogP contribution in [0.5, 0.6) is 0 Å². The molecule has 106 valence electrons. The van der Waals surface area contributed by atoms with Gasteiger partial charge in [0.15, 0.2) is 0 Å². The SMILES string of the molecule is CCc1ccccc1NCC(=O)NC(C)c1ccco1. The summed E-state index contributed by atoms with van der Waals surface area (Å²) in [4.78, 5) is 11.9. The molecule has 2 N–H and O–H groups in total. The maximum absolute atomic E-state index is 11.9. The largest absolute Gasteiger partial charge is 0.467 e. The summed E-state index contributed by atoms with van der Waals surface area (Å²) in [7, 11) is 0. The second-order valence-corrected chi connectivity index (χ2v) is 4.67. The van der Waals surface area contributed by atoms with Gasteiger partial charge in [0.05, 0.1) is 18.8 Å². The minimum atomic E-state index is -0.124. The molecule has 0 bridgehead atoms. The Balaban J connectivity index is 1.86. The van der Waals surface area contributed by atoms with E-state index in [4.69, 9.17) is 4.42 Å². The van der Waals surface area contributed by atoms with Crippen LogP contribution in [-0.2, 0) is 11.2 Å². The molecule has 1 aromatic carbocycles. The lowest BCUT2D eigenvalue weighted by Crippen LogP contribution is -2.32. The molecular formula is C16H20N2O2. The molecule has 0 radical (unpaired) electrons. The number of rotatable bonds is 6. The first-order chi connectivity index (χ1) is 9.70. The molecule has 20 heavy (non-hydrogen) atoms. The second kappa shape index (κ2) is 6.80. The number of hydrogen-bond donors (Lipinski definition) is 2. The number of para-hydroxylation sites is 1. The summed E-state index contributed by atoms with van der Waals surface area (Å²) in [5.74, 6) is 0.701. The Morgan fingerprint density at radius 2 is 2.05 bits per heavy atom. The van der Waals surface area contributed by atoms with Gasteiger partial charge in [0, 0.05) is 5.69 Å². The number of furan rings is 1. The van der Waals surface area contributed by atoms with Gasteiger partial charge in [-0.15, -0.1) is 0 Å². The predicted octanol–water partition coefficient (Wildman–Crippen LogP) is 3.13. The first-order valence-electron chi connectivity index (χ1n) is 6.85. The molecule has 0 spiro atoms. The van der Waals surface area contributed by atoms with Gasteiger partial charge >= 0.3 is 0 Å².